The van der Waals surface area contributed by atoms with E-state index >= 15 is 0 Å². The first-order valence-electron chi connectivity index (χ1n) is 8.98. The predicted octanol–water partition coefficient (Wildman–Crippen LogP) is 3.76. The zero-order valence-corrected chi connectivity index (χ0v) is 17.8. The van der Waals surface area contributed by atoms with Crippen molar-refractivity contribution >= 4 is 49.8 Å². The van der Waals surface area contributed by atoms with E-state index in [1.807, 2.05) is 24.3 Å². The standard InChI is InChI=1S/C20H14N4O3S3/c21-11-13-2-6-18(29-13)12-1-5-19-17(9-12)24(7-8-28-19)30(26,27)14-3-4-15-16(10-14)23-20(25)22-15/h1-6,9-10H,7-8H2,(H2,22,23,25). The van der Waals surface area contributed by atoms with Crippen LogP contribution in [0.2, 0.25) is 0 Å². The number of thiophene rings is 1. The number of thioether (sulfide) groups is 1. The maximum Gasteiger partial charge on any atom is 0.323 e. The molecular weight excluding hydrogens is 440 g/mol. The van der Waals surface area contributed by atoms with Crippen molar-refractivity contribution in [2.75, 3.05) is 16.6 Å². The number of sulfonamides is 1. The van der Waals surface area contributed by atoms with Gasteiger partial charge in [0.05, 0.1) is 21.6 Å². The van der Waals surface area contributed by atoms with Gasteiger partial charge in [0.1, 0.15) is 10.9 Å². The van der Waals surface area contributed by atoms with Crippen LogP contribution in [-0.4, -0.2) is 30.7 Å². The molecule has 30 heavy (non-hydrogen) atoms. The Hall–Kier alpha value is -3.00. The second-order valence-electron chi connectivity index (χ2n) is 6.67. The highest BCUT2D eigenvalue weighted by molar-refractivity contribution is 8.00. The van der Waals surface area contributed by atoms with Crippen LogP contribution in [0.1, 0.15) is 4.88 Å². The minimum Gasteiger partial charge on any atom is -0.306 e. The van der Waals surface area contributed by atoms with E-state index < -0.39 is 10.0 Å². The molecule has 2 aromatic heterocycles. The molecule has 5 rings (SSSR count). The summed E-state index contributed by atoms with van der Waals surface area (Å²) in [6.07, 6.45) is 0. The van der Waals surface area contributed by atoms with Crippen molar-refractivity contribution in [1.82, 2.24) is 9.97 Å². The van der Waals surface area contributed by atoms with Crippen LogP contribution in [-0.2, 0) is 10.0 Å². The van der Waals surface area contributed by atoms with Gasteiger partial charge in [-0.25, -0.2) is 13.2 Å². The molecule has 0 bridgehead atoms. The van der Waals surface area contributed by atoms with Gasteiger partial charge in [0.25, 0.3) is 10.0 Å². The second-order valence-corrected chi connectivity index (χ2v) is 10.8. The monoisotopic (exact) mass is 454 g/mol. The topological polar surface area (TPSA) is 110 Å². The van der Waals surface area contributed by atoms with Gasteiger partial charge >= 0.3 is 5.69 Å². The molecule has 150 valence electrons. The molecule has 2 aromatic carbocycles. The smallest absolute Gasteiger partial charge is 0.306 e. The number of aromatic nitrogens is 2. The first-order chi connectivity index (χ1) is 14.5. The molecule has 10 heteroatoms. The van der Waals surface area contributed by atoms with Gasteiger partial charge in [-0.1, -0.05) is 6.07 Å². The number of nitrogens with one attached hydrogen (secondary N) is 2. The Morgan fingerprint density at radius 1 is 1.03 bits per heavy atom. The van der Waals surface area contributed by atoms with Crippen molar-refractivity contribution in [3.05, 3.63) is 63.9 Å². The van der Waals surface area contributed by atoms with Gasteiger partial charge in [-0.15, -0.1) is 23.1 Å². The maximum atomic E-state index is 13.5. The van der Waals surface area contributed by atoms with Gasteiger partial charge in [0.2, 0.25) is 0 Å². The zero-order chi connectivity index (χ0) is 20.9. The normalized spacial score (nSPS) is 13.9. The molecule has 0 unspecified atom stereocenters. The van der Waals surface area contributed by atoms with Crippen molar-refractivity contribution in [1.29, 1.82) is 5.26 Å². The van der Waals surface area contributed by atoms with E-state index in [0.29, 0.717) is 33.9 Å². The quantitative estimate of drug-likeness (QED) is 0.490. The lowest BCUT2D eigenvalue weighted by atomic mass is 10.1. The van der Waals surface area contributed by atoms with Gasteiger partial charge in [-0.05, 0) is 48.0 Å². The van der Waals surface area contributed by atoms with Crippen LogP contribution in [0, 0.1) is 11.3 Å². The Kier molecular flexibility index (Phi) is 4.47. The third kappa shape index (κ3) is 3.11. The summed E-state index contributed by atoms with van der Waals surface area (Å²) in [6.45, 7) is 0.346. The lowest BCUT2D eigenvalue weighted by molar-refractivity contribution is 0.591. The summed E-state index contributed by atoms with van der Waals surface area (Å²) in [5.74, 6) is 0.645. The zero-order valence-electron chi connectivity index (χ0n) is 15.4. The number of hydrogen-bond acceptors (Lipinski definition) is 6. The van der Waals surface area contributed by atoms with Crippen molar-refractivity contribution in [3.63, 3.8) is 0 Å². The number of fused-ring (bicyclic) bond motifs is 2. The fourth-order valence-electron chi connectivity index (χ4n) is 3.45. The average Bonchev–Trinajstić information content (AvgIpc) is 3.37. The van der Waals surface area contributed by atoms with E-state index in [4.69, 9.17) is 5.26 Å². The molecule has 3 heterocycles. The number of rotatable bonds is 3. The van der Waals surface area contributed by atoms with Crippen molar-refractivity contribution in [2.24, 2.45) is 0 Å². The highest BCUT2D eigenvalue weighted by Crippen LogP contribution is 2.41. The molecule has 0 aliphatic carbocycles. The molecule has 1 aliphatic heterocycles. The molecule has 2 N–H and O–H groups in total. The molecular formula is C20H14N4O3S3. The first-order valence-corrected chi connectivity index (χ1v) is 12.2. The van der Waals surface area contributed by atoms with Crippen LogP contribution >= 0.6 is 23.1 Å². The summed E-state index contributed by atoms with van der Waals surface area (Å²) in [4.78, 5) is 19.3. The summed E-state index contributed by atoms with van der Waals surface area (Å²) in [6, 6.07) is 16.1. The lowest BCUT2D eigenvalue weighted by Gasteiger charge is -2.30. The SMILES string of the molecule is N#Cc1ccc(-c2ccc3c(c2)N(S(=O)(=O)c2ccc4[nH]c(=O)[nH]c4c2)CCS3)s1. The van der Waals surface area contributed by atoms with Crippen molar-refractivity contribution < 1.29 is 8.42 Å². The van der Waals surface area contributed by atoms with Crippen LogP contribution in [0.4, 0.5) is 5.69 Å². The molecule has 0 spiro atoms. The number of H-pyrrole nitrogens is 2. The molecule has 4 aromatic rings. The number of aromatic amines is 2. The van der Waals surface area contributed by atoms with E-state index in [1.54, 1.807) is 23.9 Å². The second kappa shape index (κ2) is 7.05. The van der Waals surface area contributed by atoms with E-state index in [1.165, 1.54) is 27.8 Å². The number of anilines is 1. The highest BCUT2D eigenvalue weighted by atomic mass is 32.2. The van der Waals surface area contributed by atoms with Crippen molar-refractivity contribution in [2.45, 2.75) is 9.79 Å². The Morgan fingerprint density at radius 3 is 2.67 bits per heavy atom. The number of benzene rings is 2. The van der Waals surface area contributed by atoms with E-state index in [9.17, 15) is 13.2 Å². The molecule has 0 saturated carbocycles. The molecule has 0 radical (unpaired) electrons. The molecule has 7 nitrogen and oxygen atoms in total. The Balaban J connectivity index is 1.60. The number of nitrogens with zero attached hydrogens (tertiary/aromatic N) is 2. The molecule has 0 fully saturated rings. The molecule has 0 saturated heterocycles. The summed E-state index contributed by atoms with van der Waals surface area (Å²) in [5.41, 5.74) is 2.12. The third-order valence-corrected chi connectivity index (χ3v) is 8.75. The largest absolute Gasteiger partial charge is 0.323 e. The maximum absolute atomic E-state index is 13.5. The number of imidazole rings is 1. The van der Waals surface area contributed by atoms with Crippen molar-refractivity contribution in [3.8, 4) is 16.5 Å². The molecule has 0 amide bonds. The number of nitriles is 1. The van der Waals surface area contributed by atoms with Gasteiger partial charge in [0.15, 0.2) is 0 Å². The van der Waals surface area contributed by atoms with Crippen LogP contribution in [0.5, 0.6) is 0 Å². The molecule has 0 atom stereocenters. The Labute approximate surface area is 180 Å². The number of hydrogen-bond donors (Lipinski definition) is 2. The minimum absolute atomic E-state index is 0.122. The highest BCUT2D eigenvalue weighted by Gasteiger charge is 2.30. The van der Waals surface area contributed by atoms with Crippen LogP contribution in [0.25, 0.3) is 21.5 Å². The predicted molar refractivity (Wildman–Crippen MR) is 119 cm³/mol. The van der Waals surface area contributed by atoms with Gasteiger partial charge in [0, 0.05) is 22.1 Å². The van der Waals surface area contributed by atoms with Crippen LogP contribution in [0.3, 0.4) is 0 Å². The fourth-order valence-corrected chi connectivity index (χ4v) is 6.90. The summed E-state index contributed by atoms with van der Waals surface area (Å²) in [7, 11) is -3.82. The lowest BCUT2D eigenvalue weighted by Crippen LogP contribution is -2.35. The fraction of sp³-hybridized carbons (Fsp3) is 0.100. The minimum atomic E-state index is -3.82. The third-order valence-electron chi connectivity index (χ3n) is 4.86. The Bertz CT molecular complexity index is 1490. The van der Waals surface area contributed by atoms with Gasteiger partial charge < -0.3 is 9.97 Å². The summed E-state index contributed by atoms with van der Waals surface area (Å²) in [5, 5.41) is 9.09. The van der Waals surface area contributed by atoms with E-state index in [-0.39, 0.29) is 10.6 Å². The molecule has 1 aliphatic rings. The van der Waals surface area contributed by atoms with Crippen LogP contribution in [0.15, 0.2) is 63.1 Å². The Morgan fingerprint density at radius 2 is 1.87 bits per heavy atom. The average molecular weight is 455 g/mol. The van der Waals surface area contributed by atoms with Crippen LogP contribution < -0.4 is 9.99 Å². The summed E-state index contributed by atoms with van der Waals surface area (Å²) < 4.78 is 28.4. The summed E-state index contributed by atoms with van der Waals surface area (Å²) >= 11 is 2.99. The van der Waals surface area contributed by atoms with Gasteiger partial charge in [-0.3, -0.25) is 4.31 Å². The first kappa shape index (κ1) is 19.0. The van der Waals surface area contributed by atoms with Gasteiger partial charge in [-0.2, -0.15) is 5.26 Å². The van der Waals surface area contributed by atoms with E-state index in [2.05, 4.69) is 16.0 Å². The van der Waals surface area contributed by atoms with E-state index in [0.717, 1.165) is 15.3 Å².